The van der Waals surface area contributed by atoms with Crippen molar-refractivity contribution in [2.45, 2.75) is 65.4 Å². The summed E-state index contributed by atoms with van der Waals surface area (Å²) in [7, 11) is 4.43. The number of amides is 1. The first-order valence-corrected chi connectivity index (χ1v) is 13.8. The number of anilines is 1. The van der Waals surface area contributed by atoms with Crippen LogP contribution < -0.4 is 15.4 Å². The molecule has 3 aromatic rings. The van der Waals surface area contributed by atoms with Crippen LogP contribution in [0.25, 0.3) is 22.8 Å². The highest BCUT2D eigenvalue weighted by Gasteiger charge is 2.25. The number of hydrogen-bond donors (Lipinski definition) is 2. The van der Waals surface area contributed by atoms with E-state index < -0.39 is 0 Å². The lowest BCUT2D eigenvalue weighted by Gasteiger charge is -2.12. The molecule has 0 saturated carbocycles. The Morgan fingerprint density at radius 1 is 1.00 bits per heavy atom. The summed E-state index contributed by atoms with van der Waals surface area (Å²) in [6.45, 7) is 6.35. The smallest absolute Gasteiger partial charge is 0.256 e. The summed E-state index contributed by atoms with van der Waals surface area (Å²) in [5.41, 5.74) is 6.66. The van der Waals surface area contributed by atoms with E-state index in [1.54, 1.807) is 7.11 Å². The van der Waals surface area contributed by atoms with E-state index in [1.165, 1.54) is 24.8 Å². The van der Waals surface area contributed by atoms with Crippen molar-refractivity contribution in [1.82, 2.24) is 0 Å². The second-order valence-electron chi connectivity index (χ2n) is 9.55. The predicted molar refractivity (Wildman–Crippen MR) is 161 cm³/mol. The molecule has 0 fully saturated rings. The first-order chi connectivity index (χ1) is 17.9. The monoisotopic (exact) mass is 517 g/mol. The van der Waals surface area contributed by atoms with Crippen LogP contribution in [0, 0.1) is 6.92 Å². The lowest BCUT2D eigenvalue weighted by atomic mass is 9.97. The Balaban J connectivity index is 0.000000325. The quantitative estimate of drug-likeness (QED) is 0.177. The topological polar surface area (TPSA) is 58.6 Å². The van der Waals surface area contributed by atoms with Gasteiger partial charge in [-0.15, -0.1) is 9.24 Å². The average molecular weight is 518 g/mol. The fraction of sp³-hybridized carbons (Fsp3) is 0.344. The van der Waals surface area contributed by atoms with Gasteiger partial charge < -0.3 is 15.2 Å². The number of hydrogen-bond acceptors (Lipinski definition) is 3. The minimum absolute atomic E-state index is 0.0310. The molecule has 1 heterocycles. The molecule has 1 amide bonds. The summed E-state index contributed by atoms with van der Waals surface area (Å²) in [6.07, 6.45) is 8.70. The van der Waals surface area contributed by atoms with Gasteiger partial charge in [-0.2, -0.15) is 0 Å². The molecular formula is C32H40NO3P. The third-order valence-corrected chi connectivity index (χ3v) is 7.00. The standard InChI is InChI=1S/C23H20NO2P.C9H20O/c1-14-6-8-15(9-7-14)12-18-17-13-16(10-11-19(17)24-23(18)25)22-20(26-2)4-3-5-21(22)27;1-3-5-6-8-9(10)7-4-2/h3-13H,27H2,1-2H3,(H,24,25);9-10H,3-8H2,1-2H3/b18-12+;. The molecule has 1 aliphatic rings. The van der Waals surface area contributed by atoms with Crippen LogP contribution in [-0.4, -0.2) is 24.2 Å². The Hall–Kier alpha value is -2.94. The molecule has 3 aromatic carbocycles. The van der Waals surface area contributed by atoms with E-state index in [2.05, 4.69) is 34.5 Å². The zero-order chi connectivity index (χ0) is 26.8. The van der Waals surface area contributed by atoms with Crippen LogP contribution in [0.15, 0.2) is 60.7 Å². The lowest BCUT2D eigenvalue weighted by Crippen LogP contribution is -2.04. The fourth-order valence-electron chi connectivity index (χ4n) is 4.45. The summed E-state index contributed by atoms with van der Waals surface area (Å²) >= 11 is 0. The summed E-state index contributed by atoms with van der Waals surface area (Å²) in [5, 5.41) is 13.3. The van der Waals surface area contributed by atoms with Crippen molar-refractivity contribution in [2.75, 3.05) is 12.4 Å². The minimum Gasteiger partial charge on any atom is -0.496 e. The number of rotatable bonds is 9. The molecule has 4 rings (SSSR count). The number of fused-ring (bicyclic) bond motifs is 1. The van der Waals surface area contributed by atoms with Crippen molar-refractivity contribution >= 4 is 37.8 Å². The van der Waals surface area contributed by atoms with E-state index in [0.717, 1.165) is 58.3 Å². The van der Waals surface area contributed by atoms with Gasteiger partial charge in [-0.25, -0.2) is 0 Å². The van der Waals surface area contributed by atoms with E-state index >= 15 is 0 Å². The number of ether oxygens (including phenoxy) is 1. The van der Waals surface area contributed by atoms with Crippen molar-refractivity contribution < 1.29 is 14.6 Å². The van der Waals surface area contributed by atoms with Crippen LogP contribution in [0.3, 0.4) is 0 Å². The average Bonchev–Trinajstić information content (AvgIpc) is 3.20. The molecule has 37 heavy (non-hydrogen) atoms. The molecular weight excluding hydrogens is 477 g/mol. The highest BCUT2D eigenvalue weighted by Crippen LogP contribution is 2.38. The second kappa shape index (κ2) is 14.1. The van der Waals surface area contributed by atoms with Crippen molar-refractivity contribution in [3.8, 4) is 16.9 Å². The third-order valence-electron chi connectivity index (χ3n) is 6.52. The number of carbonyl (C=O) groups excluding carboxylic acids is 1. The van der Waals surface area contributed by atoms with Crippen LogP contribution in [0.1, 0.15) is 69.1 Å². The molecule has 0 saturated heterocycles. The van der Waals surface area contributed by atoms with E-state index in [-0.39, 0.29) is 12.0 Å². The Bertz CT molecular complexity index is 1220. The first-order valence-electron chi connectivity index (χ1n) is 13.2. The van der Waals surface area contributed by atoms with Gasteiger partial charge in [0.1, 0.15) is 5.75 Å². The molecule has 5 heteroatoms. The Morgan fingerprint density at radius 3 is 2.43 bits per heavy atom. The number of methoxy groups -OCH3 is 1. The zero-order valence-electron chi connectivity index (χ0n) is 22.5. The van der Waals surface area contributed by atoms with Crippen LogP contribution in [0.4, 0.5) is 5.69 Å². The number of benzene rings is 3. The van der Waals surface area contributed by atoms with Crippen LogP contribution in [0.5, 0.6) is 5.75 Å². The van der Waals surface area contributed by atoms with Gasteiger partial charge in [0.05, 0.1) is 13.2 Å². The second-order valence-corrected chi connectivity index (χ2v) is 10.2. The molecule has 196 valence electrons. The Morgan fingerprint density at radius 2 is 1.76 bits per heavy atom. The van der Waals surface area contributed by atoms with Crippen molar-refractivity contribution in [3.63, 3.8) is 0 Å². The van der Waals surface area contributed by atoms with Crippen LogP contribution >= 0.6 is 9.24 Å². The number of nitrogens with one attached hydrogen (secondary N) is 1. The minimum atomic E-state index is -0.0751. The summed E-state index contributed by atoms with van der Waals surface area (Å²) in [6, 6.07) is 20.1. The number of aryl methyl sites for hydroxylation is 1. The highest BCUT2D eigenvalue weighted by molar-refractivity contribution is 7.28. The molecule has 0 bridgehead atoms. The maximum atomic E-state index is 12.5. The van der Waals surface area contributed by atoms with Gasteiger partial charge in [0.25, 0.3) is 5.91 Å². The number of aliphatic hydroxyl groups excluding tert-OH is 1. The van der Waals surface area contributed by atoms with Gasteiger partial charge in [0.2, 0.25) is 0 Å². The Kier molecular flexibility index (Phi) is 10.9. The third kappa shape index (κ3) is 7.77. The Labute approximate surface area is 224 Å². The summed E-state index contributed by atoms with van der Waals surface area (Å²) in [4.78, 5) is 12.5. The molecule has 0 aliphatic carbocycles. The molecule has 0 aromatic heterocycles. The molecule has 2 unspecified atom stereocenters. The van der Waals surface area contributed by atoms with Gasteiger partial charge >= 0.3 is 0 Å². The van der Waals surface area contributed by atoms with Crippen LogP contribution in [0.2, 0.25) is 0 Å². The molecule has 2 atom stereocenters. The van der Waals surface area contributed by atoms with E-state index in [0.29, 0.717) is 5.57 Å². The molecule has 4 nitrogen and oxygen atoms in total. The van der Waals surface area contributed by atoms with Crippen molar-refractivity contribution in [1.29, 1.82) is 0 Å². The number of carbonyl (C=O) groups is 1. The van der Waals surface area contributed by atoms with Gasteiger partial charge in [-0.3, -0.25) is 4.79 Å². The van der Waals surface area contributed by atoms with E-state index in [1.807, 2.05) is 67.6 Å². The maximum absolute atomic E-state index is 12.5. The van der Waals surface area contributed by atoms with E-state index in [9.17, 15) is 9.90 Å². The number of unbranched alkanes of at least 4 members (excludes halogenated alkanes) is 2. The van der Waals surface area contributed by atoms with E-state index in [4.69, 9.17) is 4.74 Å². The van der Waals surface area contributed by atoms with Gasteiger partial charge in [-0.05, 0) is 60.5 Å². The lowest BCUT2D eigenvalue weighted by molar-refractivity contribution is -0.110. The van der Waals surface area contributed by atoms with Gasteiger partial charge in [-0.1, -0.05) is 87.6 Å². The first kappa shape index (κ1) is 28.6. The molecule has 2 N–H and O–H groups in total. The zero-order valence-corrected chi connectivity index (χ0v) is 23.7. The summed E-state index contributed by atoms with van der Waals surface area (Å²) in [5.74, 6) is 0.734. The van der Waals surface area contributed by atoms with Crippen LogP contribution in [-0.2, 0) is 4.79 Å². The van der Waals surface area contributed by atoms with Gasteiger partial charge in [0.15, 0.2) is 0 Å². The predicted octanol–water partition coefficient (Wildman–Crippen LogP) is 7.39. The van der Waals surface area contributed by atoms with Gasteiger partial charge in [0, 0.05) is 22.4 Å². The van der Waals surface area contributed by atoms with Crippen molar-refractivity contribution in [2.24, 2.45) is 0 Å². The SMILES string of the molecule is CCCCCC(O)CCC.COc1cccc(P)c1-c1ccc2c(c1)/C(=C\c1ccc(C)cc1)C(=O)N2. The molecule has 0 radical (unpaired) electrons. The fourth-order valence-corrected chi connectivity index (χ4v) is 4.87. The normalized spacial score (nSPS) is 14.0. The summed E-state index contributed by atoms with van der Waals surface area (Å²) < 4.78 is 5.54. The number of aliphatic hydroxyl groups is 1. The largest absolute Gasteiger partial charge is 0.496 e. The molecule has 1 aliphatic heterocycles. The highest BCUT2D eigenvalue weighted by atomic mass is 31.0. The van der Waals surface area contributed by atoms with Crippen molar-refractivity contribution in [3.05, 3.63) is 77.4 Å². The molecule has 0 spiro atoms. The maximum Gasteiger partial charge on any atom is 0.256 e.